The summed E-state index contributed by atoms with van der Waals surface area (Å²) in [7, 11) is 0. The number of halogens is 4. The Morgan fingerprint density at radius 2 is 1.65 bits per heavy atom. The van der Waals surface area contributed by atoms with Gasteiger partial charge in [0.05, 0.1) is 4.83 Å². The van der Waals surface area contributed by atoms with E-state index < -0.39 is 0 Å². The van der Waals surface area contributed by atoms with Crippen LogP contribution in [0.1, 0.15) is 16.0 Å². The molecule has 0 N–H and O–H groups in total. The predicted octanol–water partition coefficient (Wildman–Crippen LogP) is 5.73. The maximum absolute atomic E-state index is 12.8. The summed E-state index contributed by atoms with van der Waals surface area (Å²) in [5.41, 5.74) is 2.01. The molecule has 88 valence electrons. The van der Waals surface area contributed by atoms with Crippen LogP contribution in [0.15, 0.2) is 46.9 Å². The van der Waals surface area contributed by atoms with Crippen LogP contribution in [0.25, 0.3) is 0 Å². The molecule has 0 radical (unpaired) electrons. The van der Waals surface area contributed by atoms with Gasteiger partial charge in [0, 0.05) is 9.50 Å². The van der Waals surface area contributed by atoms with Crippen molar-refractivity contribution >= 4 is 43.5 Å². The van der Waals surface area contributed by atoms with Crippen LogP contribution >= 0.6 is 43.5 Å². The molecule has 2 rings (SSSR count). The summed E-state index contributed by atoms with van der Waals surface area (Å²) in [6.45, 7) is 0. The fourth-order valence-corrected chi connectivity index (χ4v) is 3.00. The predicted molar refractivity (Wildman–Crippen MR) is 76.3 cm³/mol. The second-order valence-corrected chi connectivity index (χ2v) is 5.88. The Labute approximate surface area is 121 Å². The number of rotatable bonds is 2. The minimum Gasteiger partial charge on any atom is -0.207 e. The standard InChI is InChI=1S/C13H8Br2ClF/c14-10-5-9(6-11(16)7-10)13(15)8-1-3-12(17)4-2-8/h1-7,13H. The van der Waals surface area contributed by atoms with E-state index in [0.717, 1.165) is 15.6 Å². The Morgan fingerprint density at radius 3 is 2.24 bits per heavy atom. The molecule has 0 aliphatic heterocycles. The molecule has 0 heterocycles. The highest BCUT2D eigenvalue weighted by Gasteiger charge is 2.11. The molecular formula is C13H8Br2ClF. The third-order valence-corrected chi connectivity index (χ3v) is 4.07. The largest absolute Gasteiger partial charge is 0.207 e. The first-order chi connectivity index (χ1) is 8.06. The first-order valence-corrected chi connectivity index (χ1v) is 7.00. The Morgan fingerprint density at radius 1 is 1.00 bits per heavy atom. The zero-order chi connectivity index (χ0) is 12.4. The summed E-state index contributed by atoms with van der Waals surface area (Å²) in [6.07, 6.45) is 0. The number of hydrogen-bond donors (Lipinski definition) is 0. The van der Waals surface area contributed by atoms with E-state index in [-0.39, 0.29) is 10.6 Å². The lowest BCUT2D eigenvalue weighted by atomic mass is 10.1. The van der Waals surface area contributed by atoms with Crippen molar-refractivity contribution in [1.29, 1.82) is 0 Å². The van der Waals surface area contributed by atoms with Crippen LogP contribution < -0.4 is 0 Å². The number of alkyl halides is 1. The molecule has 0 saturated carbocycles. The van der Waals surface area contributed by atoms with Gasteiger partial charge in [-0.05, 0) is 41.5 Å². The molecule has 1 atom stereocenters. The molecule has 2 aromatic carbocycles. The highest BCUT2D eigenvalue weighted by atomic mass is 79.9. The molecule has 4 heteroatoms. The van der Waals surface area contributed by atoms with E-state index in [1.165, 1.54) is 12.1 Å². The van der Waals surface area contributed by atoms with E-state index in [4.69, 9.17) is 11.6 Å². The highest BCUT2D eigenvalue weighted by molar-refractivity contribution is 9.10. The van der Waals surface area contributed by atoms with Crippen LogP contribution in [0, 0.1) is 5.82 Å². The summed E-state index contributed by atoms with van der Waals surface area (Å²) in [6, 6.07) is 12.1. The Hall–Kier alpha value is -0.380. The summed E-state index contributed by atoms with van der Waals surface area (Å²) in [5.74, 6) is -0.235. The van der Waals surface area contributed by atoms with Crippen molar-refractivity contribution < 1.29 is 4.39 Å². The van der Waals surface area contributed by atoms with E-state index in [0.29, 0.717) is 5.02 Å². The van der Waals surface area contributed by atoms with E-state index in [1.807, 2.05) is 18.2 Å². The van der Waals surface area contributed by atoms with E-state index >= 15 is 0 Å². The quantitative estimate of drug-likeness (QED) is 0.586. The molecule has 0 fully saturated rings. The minimum absolute atomic E-state index is 0.00176. The first kappa shape index (κ1) is 13.1. The topological polar surface area (TPSA) is 0 Å². The Bertz CT molecular complexity index is 505. The molecule has 0 bridgehead atoms. The summed E-state index contributed by atoms with van der Waals surface area (Å²) in [5, 5.41) is 0.668. The van der Waals surface area contributed by atoms with Crippen LogP contribution in [0.5, 0.6) is 0 Å². The van der Waals surface area contributed by atoms with Gasteiger partial charge in [-0.3, -0.25) is 0 Å². The second kappa shape index (κ2) is 5.51. The molecule has 1 unspecified atom stereocenters. The van der Waals surface area contributed by atoms with Gasteiger partial charge in [0.1, 0.15) is 5.82 Å². The lowest BCUT2D eigenvalue weighted by molar-refractivity contribution is 0.627. The molecule has 2 aromatic rings. The Kier molecular flexibility index (Phi) is 4.23. The van der Waals surface area contributed by atoms with Crippen molar-refractivity contribution in [3.05, 3.63) is 68.9 Å². The fourth-order valence-electron chi connectivity index (χ4n) is 1.55. The van der Waals surface area contributed by atoms with Crippen molar-refractivity contribution in [2.24, 2.45) is 0 Å². The van der Waals surface area contributed by atoms with Crippen molar-refractivity contribution in [3.8, 4) is 0 Å². The smallest absolute Gasteiger partial charge is 0.123 e. The normalized spacial score (nSPS) is 12.5. The van der Waals surface area contributed by atoms with Crippen LogP contribution in [-0.2, 0) is 0 Å². The molecule has 0 aliphatic carbocycles. The van der Waals surface area contributed by atoms with Gasteiger partial charge in [-0.25, -0.2) is 4.39 Å². The third-order valence-electron chi connectivity index (χ3n) is 2.34. The molecule has 0 saturated heterocycles. The Balaban J connectivity index is 2.36. The van der Waals surface area contributed by atoms with Gasteiger partial charge in [-0.15, -0.1) is 0 Å². The number of hydrogen-bond acceptors (Lipinski definition) is 0. The maximum atomic E-state index is 12.8. The van der Waals surface area contributed by atoms with Gasteiger partial charge in [0.15, 0.2) is 0 Å². The SMILES string of the molecule is Fc1ccc(C(Br)c2cc(Cl)cc(Br)c2)cc1. The van der Waals surface area contributed by atoms with Crippen LogP contribution in [0.4, 0.5) is 4.39 Å². The minimum atomic E-state index is -0.235. The van der Waals surface area contributed by atoms with Crippen molar-refractivity contribution in [1.82, 2.24) is 0 Å². The lowest BCUT2D eigenvalue weighted by Gasteiger charge is -2.11. The van der Waals surface area contributed by atoms with Gasteiger partial charge >= 0.3 is 0 Å². The van der Waals surface area contributed by atoms with Crippen LogP contribution in [0.3, 0.4) is 0 Å². The summed E-state index contributed by atoms with van der Waals surface area (Å²) < 4.78 is 13.8. The van der Waals surface area contributed by atoms with Gasteiger partial charge in [0.25, 0.3) is 0 Å². The fraction of sp³-hybridized carbons (Fsp3) is 0.0769. The molecule has 17 heavy (non-hydrogen) atoms. The van der Waals surface area contributed by atoms with E-state index in [2.05, 4.69) is 31.9 Å². The van der Waals surface area contributed by atoms with Crippen LogP contribution in [0.2, 0.25) is 5.02 Å². The van der Waals surface area contributed by atoms with Crippen LogP contribution in [-0.4, -0.2) is 0 Å². The maximum Gasteiger partial charge on any atom is 0.123 e. The van der Waals surface area contributed by atoms with Crippen molar-refractivity contribution in [3.63, 3.8) is 0 Å². The molecule has 0 spiro atoms. The third kappa shape index (κ3) is 3.30. The lowest BCUT2D eigenvalue weighted by Crippen LogP contribution is -1.93. The van der Waals surface area contributed by atoms with Gasteiger partial charge in [-0.1, -0.05) is 55.6 Å². The van der Waals surface area contributed by atoms with Gasteiger partial charge < -0.3 is 0 Å². The van der Waals surface area contributed by atoms with E-state index in [9.17, 15) is 4.39 Å². The molecule has 0 nitrogen and oxygen atoms in total. The van der Waals surface area contributed by atoms with Gasteiger partial charge in [0.2, 0.25) is 0 Å². The van der Waals surface area contributed by atoms with E-state index in [1.54, 1.807) is 12.1 Å². The average Bonchev–Trinajstić information content (AvgIpc) is 2.28. The summed E-state index contributed by atoms with van der Waals surface area (Å²) in [4.78, 5) is -0.00176. The van der Waals surface area contributed by atoms with Gasteiger partial charge in [-0.2, -0.15) is 0 Å². The monoisotopic (exact) mass is 376 g/mol. The highest BCUT2D eigenvalue weighted by Crippen LogP contribution is 2.34. The zero-order valence-corrected chi connectivity index (χ0v) is 12.6. The second-order valence-electron chi connectivity index (χ2n) is 3.62. The molecule has 0 aromatic heterocycles. The number of benzene rings is 2. The summed E-state index contributed by atoms with van der Waals surface area (Å²) >= 11 is 13.0. The average molecular weight is 378 g/mol. The van der Waals surface area contributed by atoms with Crippen molar-refractivity contribution in [2.45, 2.75) is 4.83 Å². The van der Waals surface area contributed by atoms with Crippen molar-refractivity contribution in [2.75, 3.05) is 0 Å². The molecular weight excluding hydrogens is 370 g/mol. The first-order valence-electron chi connectivity index (χ1n) is 4.92. The molecule has 0 amide bonds. The zero-order valence-electron chi connectivity index (χ0n) is 8.63. The molecule has 0 aliphatic rings.